The maximum absolute atomic E-state index is 11.8. The fourth-order valence-electron chi connectivity index (χ4n) is 3.53. The Morgan fingerprint density at radius 3 is 2.56 bits per heavy atom. The molecule has 2 aliphatic rings. The summed E-state index contributed by atoms with van der Waals surface area (Å²) < 4.78 is 0. The van der Waals surface area contributed by atoms with Crippen LogP contribution in [0.5, 0.6) is 0 Å². The first kappa shape index (κ1) is 13.4. The molecular weight excluding hydrogens is 230 g/mol. The summed E-state index contributed by atoms with van der Waals surface area (Å²) in [6.07, 6.45) is 4.44. The normalized spacial score (nSPS) is 33.9. The largest absolute Gasteiger partial charge is 0.481 e. The Bertz CT molecular complexity index is 340. The Morgan fingerprint density at radius 1 is 1.28 bits per heavy atom. The standard InChI is InChI=1S/C14H23NO3/c1-8(2)3-6-11(16)15-13-10-5-4-9(7-10)12(13)14(17)18/h8-10,12-13H,3-7H2,1-2H3,(H,15,16)(H,17,18). The van der Waals surface area contributed by atoms with Gasteiger partial charge in [-0.05, 0) is 43.4 Å². The molecule has 4 unspecified atom stereocenters. The number of fused-ring (bicyclic) bond motifs is 2. The van der Waals surface area contributed by atoms with E-state index < -0.39 is 5.97 Å². The second-order valence-electron chi connectivity index (χ2n) is 6.22. The lowest BCUT2D eigenvalue weighted by atomic mass is 9.84. The lowest BCUT2D eigenvalue weighted by Crippen LogP contribution is -2.46. The molecule has 0 saturated heterocycles. The Balaban J connectivity index is 1.91. The third kappa shape index (κ3) is 2.68. The number of hydrogen-bond acceptors (Lipinski definition) is 2. The molecule has 2 saturated carbocycles. The smallest absolute Gasteiger partial charge is 0.308 e. The maximum atomic E-state index is 11.8. The second kappa shape index (κ2) is 5.29. The van der Waals surface area contributed by atoms with Gasteiger partial charge in [0.15, 0.2) is 0 Å². The van der Waals surface area contributed by atoms with Gasteiger partial charge in [-0.3, -0.25) is 9.59 Å². The number of hydrogen-bond donors (Lipinski definition) is 2. The van der Waals surface area contributed by atoms with E-state index in [2.05, 4.69) is 19.2 Å². The van der Waals surface area contributed by atoms with E-state index in [1.165, 1.54) is 0 Å². The van der Waals surface area contributed by atoms with E-state index >= 15 is 0 Å². The minimum absolute atomic E-state index is 0.0208. The van der Waals surface area contributed by atoms with E-state index in [4.69, 9.17) is 0 Å². The summed E-state index contributed by atoms with van der Waals surface area (Å²) in [5.41, 5.74) is 0. The van der Waals surface area contributed by atoms with Crippen LogP contribution in [0.3, 0.4) is 0 Å². The van der Waals surface area contributed by atoms with E-state index in [1.54, 1.807) is 0 Å². The highest BCUT2D eigenvalue weighted by Crippen LogP contribution is 2.48. The quantitative estimate of drug-likeness (QED) is 0.788. The molecule has 2 rings (SSSR count). The van der Waals surface area contributed by atoms with E-state index in [9.17, 15) is 14.7 Å². The molecule has 0 radical (unpaired) electrons. The first-order chi connectivity index (χ1) is 8.49. The molecule has 4 heteroatoms. The van der Waals surface area contributed by atoms with Crippen molar-refractivity contribution in [1.82, 2.24) is 5.32 Å². The molecule has 1 amide bonds. The SMILES string of the molecule is CC(C)CCC(=O)NC1C2CCC(C2)C1C(=O)O. The third-order valence-corrected chi connectivity index (χ3v) is 4.48. The van der Waals surface area contributed by atoms with Crippen molar-refractivity contribution < 1.29 is 14.7 Å². The zero-order valence-corrected chi connectivity index (χ0v) is 11.2. The van der Waals surface area contributed by atoms with Gasteiger partial charge in [0.25, 0.3) is 0 Å². The predicted molar refractivity (Wildman–Crippen MR) is 68.0 cm³/mol. The van der Waals surface area contributed by atoms with E-state index in [0.29, 0.717) is 18.3 Å². The zero-order chi connectivity index (χ0) is 13.3. The average Bonchev–Trinajstić information content (AvgIpc) is 2.86. The summed E-state index contributed by atoms with van der Waals surface area (Å²) in [5.74, 6) is 0.101. The summed E-state index contributed by atoms with van der Waals surface area (Å²) in [6, 6.07) is -0.124. The maximum Gasteiger partial charge on any atom is 0.308 e. The van der Waals surface area contributed by atoms with E-state index in [1.807, 2.05) is 0 Å². The minimum Gasteiger partial charge on any atom is -0.481 e. The van der Waals surface area contributed by atoms with Gasteiger partial charge in [-0.15, -0.1) is 0 Å². The van der Waals surface area contributed by atoms with Crippen molar-refractivity contribution in [3.05, 3.63) is 0 Å². The van der Waals surface area contributed by atoms with Crippen LogP contribution in [0, 0.1) is 23.7 Å². The number of aliphatic carboxylic acids is 1. The number of carbonyl (C=O) groups is 2. The Labute approximate surface area is 108 Å². The fraction of sp³-hybridized carbons (Fsp3) is 0.857. The van der Waals surface area contributed by atoms with E-state index in [0.717, 1.165) is 25.7 Å². The van der Waals surface area contributed by atoms with Crippen LogP contribution in [0.4, 0.5) is 0 Å². The van der Waals surface area contributed by atoms with Crippen LogP contribution in [0.15, 0.2) is 0 Å². The molecule has 0 aliphatic heterocycles. The van der Waals surface area contributed by atoms with Gasteiger partial charge in [-0.25, -0.2) is 0 Å². The first-order valence-corrected chi connectivity index (χ1v) is 7.01. The molecule has 4 nitrogen and oxygen atoms in total. The number of amides is 1. The molecule has 0 heterocycles. The fourth-order valence-corrected chi connectivity index (χ4v) is 3.53. The van der Waals surface area contributed by atoms with Crippen LogP contribution < -0.4 is 5.32 Å². The lowest BCUT2D eigenvalue weighted by Gasteiger charge is -2.29. The highest BCUT2D eigenvalue weighted by Gasteiger charge is 2.51. The van der Waals surface area contributed by atoms with Crippen molar-refractivity contribution in [2.75, 3.05) is 0 Å². The van der Waals surface area contributed by atoms with Crippen LogP contribution in [0.25, 0.3) is 0 Å². The molecule has 2 bridgehead atoms. The van der Waals surface area contributed by atoms with Gasteiger partial charge in [0.2, 0.25) is 5.91 Å². The van der Waals surface area contributed by atoms with Crippen LogP contribution in [0.1, 0.15) is 46.0 Å². The van der Waals surface area contributed by atoms with E-state index in [-0.39, 0.29) is 23.8 Å². The van der Waals surface area contributed by atoms with Crippen LogP contribution in [0.2, 0.25) is 0 Å². The molecule has 2 fully saturated rings. The Kier molecular flexibility index (Phi) is 3.93. The molecule has 0 aromatic rings. The molecule has 2 N–H and O–H groups in total. The van der Waals surface area contributed by atoms with Crippen molar-refractivity contribution in [2.24, 2.45) is 23.7 Å². The van der Waals surface area contributed by atoms with Crippen LogP contribution in [-0.4, -0.2) is 23.0 Å². The number of carboxylic acid groups (broad SMARTS) is 1. The molecular formula is C14H23NO3. The topological polar surface area (TPSA) is 66.4 Å². The Morgan fingerprint density at radius 2 is 1.94 bits per heavy atom. The second-order valence-corrected chi connectivity index (χ2v) is 6.22. The van der Waals surface area contributed by atoms with Gasteiger partial charge in [-0.1, -0.05) is 13.8 Å². The van der Waals surface area contributed by atoms with Gasteiger partial charge in [-0.2, -0.15) is 0 Å². The molecule has 2 aliphatic carbocycles. The summed E-state index contributed by atoms with van der Waals surface area (Å²) in [7, 11) is 0. The number of nitrogens with one attached hydrogen (secondary N) is 1. The molecule has 18 heavy (non-hydrogen) atoms. The number of carbonyl (C=O) groups excluding carboxylic acids is 1. The van der Waals surface area contributed by atoms with Gasteiger partial charge >= 0.3 is 5.97 Å². The summed E-state index contributed by atoms with van der Waals surface area (Å²) in [4.78, 5) is 23.1. The summed E-state index contributed by atoms with van der Waals surface area (Å²) >= 11 is 0. The Hall–Kier alpha value is -1.06. The monoisotopic (exact) mass is 253 g/mol. The molecule has 0 spiro atoms. The first-order valence-electron chi connectivity index (χ1n) is 7.01. The van der Waals surface area contributed by atoms with Gasteiger partial charge in [0.05, 0.1) is 5.92 Å². The van der Waals surface area contributed by atoms with Crippen molar-refractivity contribution in [3.8, 4) is 0 Å². The molecule has 0 aromatic heterocycles. The average molecular weight is 253 g/mol. The molecule has 4 atom stereocenters. The number of rotatable bonds is 5. The van der Waals surface area contributed by atoms with Crippen molar-refractivity contribution >= 4 is 11.9 Å². The molecule has 0 aromatic carbocycles. The van der Waals surface area contributed by atoms with Crippen LogP contribution in [-0.2, 0) is 9.59 Å². The highest BCUT2D eigenvalue weighted by atomic mass is 16.4. The lowest BCUT2D eigenvalue weighted by molar-refractivity contribution is -0.144. The van der Waals surface area contributed by atoms with Crippen molar-refractivity contribution in [1.29, 1.82) is 0 Å². The van der Waals surface area contributed by atoms with Gasteiger partial charge in [0.1, 0.15) is 0 Å². The summed E-state index contributed by atoms with van der Waals surface area (Å²) in [6.45, 7) is 4.18. The van der Waals surface area contributed by atoms with Crippen molar-refractivity contribution in [3.63, 3.8) is 0 Å². The minimum atomic E-state index is -0.739. The highest BCUT2D eigenvalue weighted by molar-refractivity contribution is 5.78. The predicted octanol–water partition coefficient (Wildman–Crippen LogP) is 2.04. The van der Waals surface area contributed by atoms with Gasteiger partial charge < -0.3 is 10.4 Å². The summed E-state index contributed by atoms with van der Waals surface area (Å²) in [5, 5.41) is 12.3. The number of carboxylic acids is 1. The van der Waals surface area contributed by atoms with Gasteiger partial charge in [0, 0.05) is 12.5 Å². The van der Waals surface area contributed by atoms with Crippen molar-refractivity contribution in [2.45, 2.75) is 52.0 Å². The molecule has 102 valence electrons. The zero-order valence-electron chi connectivity index (χ0n) is 11.2. The third-order valence-electron chi connectivity index (χ3n) is 4.48. The van der Waals surface area contributed by atoms with Crippen LogP contribution >= 0.6 is 0 Å².